The Balaban J connectivity index is 1.38. The lowest BCUT2D eigenvalue weighted by Gasteiger charge is -2.16. The van der Waals surface area contributed by atoms with Crippen molar-refractivity contribution in [2.75, 3.05) is 19.5 Å². The van der Waals surface area contributed by atoms with Crippen LogP contribution in [0.15, 0.2) is 88.4 Å². The van der Waals surface area contributed by atoms with Crippen LogP contribution in [0.5, 0.6) is 17.2 Å². The van der Waals surface area contributed by atoms with E-state index in [0.717, 1.165) is 5.56 Å². The molecular weight excluding hydrogens is 617 g/mol. The maximum Gasteiger partial charge on any atom is 0.273 e. The van der Waals surface area contributed by atoms with Gasteiger partial charge in [-0.15, -0.1) is 4.48 Å². The molecule has 0 unspecified atom stereocenters. The number of rotatable bonds is 10. The Kier molecular flexibility index (Phi) is 8.10. The van der Waals surface area contributed by atoms with Gasteiger partial charge in [0, 0.05) is 24.2 Å². The molecule has 13 heteroatoms. The smallest absolute Gasteiger partial charge is 0.273 e. The van der Waals surface area contributed by atoms with E-state index in [0.29, 0.717) is 39.3 Å². The van der Waals surface area contributed by atoms with E-state index >= 15 is 4.48 Å². The molecule has 0 saturated carbocycles. The number of sulfonamides is 1. The molecule has 0 radical (unpaired) electrons. The zero-order chi connectivity index (χ0) is 29.1. The van der Waals surface area contributed by atoms with Crippen LogP contribution in [0.25, 0.3) is 16.9 Å². The van der Waals surface area contributed by atoms with E-state index in [1.54, 1.807) is 53.2 Å². The zero-order valence-corrected chi connectivity index (χ0v) is 24.4. The Hall–Kier alpha value is -4.20. The Labute approximate surface area is 244 Å². The van der Waals surface area contributed by atoms with Crippen LogP contribution in [0.4, 0.5) is 10.3 Å². The minimum absolute atomic E-state index is 0.00325. The van der Waals surface area contributed by atoms with Gasteiger partial charge in [0.1, 0.15) is 28.0 Å². The third-order valence-electron chi connectivity index (χ3n) is 6.29. The molecule has 41 heavy (non-hydrogen) atoms. The first-order valence-electron chi connectivity index (χ1n) is 12.3. The molecule has 3 aromatic carbocycles. The molecule has 0 aliphatic heterocycles. The monoisotopic (exact) mass is 641 g/mol. The molecule has 2 aromatic heterocycles. The summed E-state index contributed by atoms with van der Waals surface area (Å²) in [4.78, 5) is 4.29. The highest BCUT2D eigenvalue weighted by atomic mass is 79.9. The Morgan fingerprint density at radius 1 is 1.02 bits per heavy atom. The van der Waals surface area contributed by atoms with E-state index < -0.39 is 16.6 Å². The number of phenolic OH excluding ortho intramolecular Hbond substituents is 1. The molecule has 2 heterocycles. The highest BCUT2D eigenvalue weighted by molar-refractivity contribution is 9.10. The number of ether oxygens (including phenoxy) is 2. The van der Waals surface area contributed by atoms with Gasteiger partial charge >= 0.3 is 0 Å². The minimum Gasteiger partial charge on any atom is -0.507 e. The summed E-state index contributed by atoms with van der Waals surface area (Å²) in [5, 5.41) is 18.0. The number of phenols is 1. The lowest BCUT2D eigenvalue weighted by Crippen LogP contribution is -2.23. The van der Waals surface area contributed by atoms with E-state index in [1.165, 1.54) is 32.4 Å². The van der Waals surface area contributed by atoms with Gasteiger partial charge in [0.25, 0.3) is 10.0 Å². The molecule has 10 nitrogen and oxygen atoms in total. The number of hydrogen-bond acceptors (Lipinski definition) is 8. The highest BCUT2D eigenvalue weighted by Gasteiger charge is 2.29. The molecular formula is C28H25BrFN5O5S. The van der Waals surface area contributed by atoms with Crippen molar-refractivity contribution in [3.8, 4) is 28.5 Å². The van der Waals surface area contributed by atoms with E-state index in [9.17, 15) is 13.5 Å². The quantitative estimate of drug-likeness (QED) is 0.190. The van der Waals surface area contributed by atoms with Crippen molar-refractivity contribution in [1.82, 2.24) is 19.1 Å². The topological polar surface area (TPSA) is 118 Å². The number of aromatic nitrogens is 3. The first kappa shape index (κ1) is 28.3. The van der Waals surface area contributed by atoms with Crippen molar-refractivity contribution in [3.63, 3.8) is 0 Å². The van der Waals surface area contributed by atoms with Crippen molar-refractivity contribution in [2.45, 2.75) is 18.0 Å². The maximum atomic E-state index is 15.2. The Morgan fingerprint density at radius 2 is 1.80 bits per heavy atom. The molecule has 5 aromatic rings. The van der Waals surface area contributed by atoms with Gasteiger partial charge in [0.2, 0.25) is 0 Å². The summed E-state index contributed by atoms with van der Waals surface area (Å²) in [6.07, 6.45) is 1.62. The number of benzene rings is 3. The standard InChI is InChI=1S/C28H25BrFN5O5S/c1-39-20-10-11-25(40-2)26(13-20)41(37,38)34(30)17-19-7-5-6-18(12-19)15-31-27-14-23(21-8-3-4-9-24(21)36)33-28-22(29)16-32-35(27)28/h3-14,16,31,36H,15,17H2,1-2H3. The third kappa shape index (κ3) is 5.82. The van der Waals surface area contributed by atoms with Gasteiger partial charge in [-0.25, -0.2) is 13.4 Å². The molecule has 0 amide bonds. The van der Waals surface area contributed by atoms with Crippen molar-refractivity contribution in [3.05, 3.63) is 94.6 Å². The maximum absolute atomic E-state index is 15.2. The predicted molar refractivity (Wildman–Crippen MR) is 155 cm³/mol. The SMILES string of the molecule is COc1ccc(OC)c(S(=O)(=O)N(F)Cc2cccc(CNc3cc(-c4ccccc4O)nc4c(Br)cnn34)c2)c1. The van der Waals surface area contributed by atoms with Gasteiger partial charge in [-0.3, -0.25) is 0 Å². The third-order valence-corrected chi connectivity index (χ3v) is 8.38. The molecule has 0 saturated heterocycles. The molecule has 5 rings (SSSR count). The van der Waals surface area contributed by atoms with Crippen molar-refractivity contribution in [1.29, 1.82) is 0 Å². The van der Waals surface area contributed by atoms with Crippen molar-refractivity contribution < 1.29 is 27.5 Å². The number of anilines is 1. The average Bonchev–Trinajstić information content (AvgIpc) is 3.36. The van der Waals surface area contributed by atoms with Crippen LogP contribution in [-0.4, -0.2) is 46.9 Å². The second-order valence-corrected chi connectivity index (χ2v) is 11.6. The van der Waals surface area contributed by atoms with Gasteiger partial charge in [-0.2, -0.15) is 9.61 Å². The second kappa shape index (κ2) is 11.7. The molecule has 2 N–H and O–H groups in total. The summed E-state index contributed by atoms with van der Waals surface area (Å²) < 4.78 is 53.6. The number of para-hydroxylation sites is 1. The summed E-state index contributed by atoms with van der Waals surface area (Å²) in [6, 6.07) is 19.7. The lowest BCUT2D eigenvalue weighted by molar-refractivity contribution is 0.130. The fourth-order valence-electron chi connectivity index (χ4n) is 4.24. The van der Waals surface area contributed by atoms with Crippen LogP contribution in [0.3, 0.4) is 0 Å². The van der Waals surface area contributed by atoms with Crippen molar-refractivity contribution >= 4 is 37.4 Å². The van der Waals surface area contributed by atoms with Crippen LogP contribution in [0.2, 0.25) is 0 Å². The normalized spacial score (nSPS) is 11.6. The molecule has 212 valence electrons. The lowest BCUT2D eigenvalue weighted by atomic mass is 10.1. The van der Waals surface area contributed by atoms with E-state index in [4.69, 9.17) is 9.47 Å². The molecule has 0 spiro atoms. The predicted octanol–water partition coefficient (Wildman–Crippen LogP) is 5.57. The zero-order valence-electron chi connectivity index (χ0n) is 22.0. The van der Waals surface area contributed by atoms with Gasteiger partial charge in [0.15, 0.2) is 5.65 Å². The van der Waals surface area contributed by atoms with Gasteiger partial charge in [-0.05, 0) is 55.8 Å². The van der Waals surface area contributed by atoms with Crippen LogP contribution in [0.1, 0.15) is 11.1 Å². The number of nitrogens with zero attached hydrogens (tertiary/aromatic N) is 4. The van der Waals surface area contributed by atoms with Crippen LogP contribution in [0, 0.1) is 0 Å². The fraction of sp³-hybridized carbons (Fsp3) is 0.143. The van der Waals surface area contributed by atoms with Crippen molar-refractivity contribution in [2.24, 2.45) is 0 Å². The number of halogens is 2. The minimum atomic E-state index is -4.53. The number of hydrogen-bond donors (Lipinski definition) is 2. The number of methoxy groups -OCH3 is 2. The highest BCUT2D eigenvalue weighted by Crippen LogP contribution is 2.33. The average molecular weight is 643 g/mol. The van der Waals surface area contributed by atoms with E-state index in [2.05, 4.69) is 31.3 Å². The largest absolute Gasteiger partial charge is 0.507 e. The first-order valence-corrected chi connectivity index (χ1v) is 14.5. The van der Waals surface area contributed by atoms with Crippen LogP contribution in [-0.2, 0) is 23.1 Å². The molecule has 0 fully saturated rings. The summed E-state index contributed by atoms with van der Waals surface area (Å²) in [5.74, 6) is 0.953. The number of aromatic hydroxyl groups is 1. The Bertz CT molecular complexity index is 1830. The summed E-state index contributed by atoms with van der Waals surface area (Å²) in [5.41, 5.74) is 2.86. The summed E-state index contributed by atoms with van der Waals surface area (Å²) >= 11 is 3.46. The fourth-order valence-corrected chi connectivity index (χ4v) is 5.79. The molecule has 0 aliphatic carbocycles. The number of fused-ring (bicyclic) bond motifs is 1. The van der Waals surface area contributed by atoms with Crippen LogP contribution < -0.4 is 14.8 Å². The first-order chi connectivity index (χ1) is 19.7. The Morgan fingerprint density at radius 3 is 2.56 bits per heavy atom. The van der Waals surface area contributed by atoms with Gasteiger partial charge < -0.3 is 19.9 Å². The molecule has 0 aliphatic rings. The van der Waals surface area contributed by atoms with E-state index in [-0.39, 0.29) is 26.7 Å². The van der Waals surface area contributed by atoms with Gasteiger partial charge in [-0.1, -0.05) is 36.4 Å². The van der Waals surface area contributed by atoms with Gasteiger partial charge in [0.05, 0.1) is 37.1 Å². The second-order valence-electron chi connectivity index (χ2n) is 8.91. The summed E-state index contributed by atoms with van der Waals surface area (Å²) in [6.45, 7) is -0.201. The molecule has 0 atom stereocenters. The molecule has 0 bridgehead atoms. The summed E-state index contributed by atoms with van der Waals surface area (Å²) in [7, 11) is -1.84. The van der Waals surface area contributed by atoms with E-state index in [1.807, 2.05) is 12.1 Å². The van der Waals surface area contributed by atoms with Crippen LogP contribution >= 0.6 is 15.9 Å². The number of nitrogens with one attached hydrogen (secondary N) is 1.